The number of rotatable bonds is 4. The fourth-order valence-corrected chi connectivity index (χ4v) is 4.24. The lowest BCUT2D eigenvalue weighted by Crippen LogP contribution is -2.31. The van der Waals surface area contributed by atoms with Gasteiger partial charge in [-0.15, -0.1) is 11.3 Å². The Hall–Kier alpha value is -3.13. The Balaban J connectivity index is 1.51. The molecular weight excluding hydrogens is 401 g/mol. The van der Waals surface area contributed by atoms with E-state index in [0.29, 0.717) is 12.1 Å². The number of hydrogen-bond donors (Lipinski definition) is 1. The molecule has 1 amide bonds. The Bertz CT molecular complexity index is 1100. The van der Waals surface area contributed by atoms with Crippen molar-refractivity contribution in [3.05, 3.63) is 69.9 Å². The summed E-state index contributed by atoms with van der Waals surface area (Å²) in [5, 5.41) is 3.64. The van der Waals surface area contributed by atoms with Crippen LogP contribution in [0.1, 0.15) is 39.8 Å². The topological polar surface area (TPSA) is 71.0 Å². The largest absolute Gasteiger partial charge is 0.343 e. The van der Waals surface area contributed by atoms with Crippen LogP contribution in [0.5, 0.6) is 0 Å². The van der Waals surface area contributed by atoms with Crippen LogP contribution in [0, 0.1) is 19.7 Å². The predicted molar refractivity (Wildman–Crippen MR) is 117 cm³/mol. The molecule has 6 nitrogen and oxygen atoms in total. The van der Waals surface area contributed by atoms with Gasteiger partial charge in [0.2, 0.25) is 0 Å². The lowest BCUT2D eigenvalue weighted by molar-refractivity contribution is 0.102. The molecule has 4 rings (SSSR count). The summed E-state index contributed by atoms with van der Waals surface area (Å²) >= 11 is 1.68. The highest BCUT2D eigenvalue weighted by Gasteiger charge is 2.21. The van der Waals surface area contributed by atoms with Gasteiger partial charge in [0.15, 0.2) is 10.9 Å². The monoisotopic (exact) mass is 423 g/mol. The summed E-state index contributed by atoms with van der Waals surface area (Å²) in [7, 11) is 0. The van der Waals surface area contributed by atoms with Gasteiger partial charge in [-0.05, 0) is 44.4 Å². The number of carbonyl (C=O) groups excluding carboxylic acids is 1. The second-order valence-electron chi connectivity index (χ2n) is 7.36. The van der Waals surface area contributed by atoms with Crippen molar-refractivity contribution in [2.75, 3.05) is 23.3 Å². The number of thiazole rings is 1. The van der Waals surface area contributed by atoms with E-state index in [2.05, 4.69) is 39.0 Å². The zero-order chi connectivity index (χ0) is 21.3. The molecule has 3 heterocycles. The van der Waals surface area contributed by atoms with Crippen LogP contribution in [0.2, 0.25) is 0 Å². The minimum atomic E-state index is -0.558. The van der Waals surface area contributed by atoms with Gasteiger partial charge in [-0.2, -0.15) is 0 Å². The molecule has 0 radical (unpaired) electrons. The summed E-state index contributed by atoms with van der Waals surface area (Å²) < 4.78 is 14.0. The maximum absolute atomic E-state index is 14.0. The van der Waals surface area contributed by atoms with Crippen molar-refractivity contribution in [1.82, 2.24) is 15.0 Å². The van der Waals surface area contributed by atoms with E-state index in [0.717, 1.165) is 29.4 Å². The minimum Gasteiger partial charge on any atom is -0.343 e. The standard InChI is InChI=1S/C22H22FN5OS/c1-13-7-8-28(22-26-9-15(3)30-22)12-16(13)18-10-25-19(11-24-18)27-21(29)20-14(2)5-4-6-17(20)23/h4-6,9-11H,7-8,12H2,1-3H3,(H,25,27,29). The van der Waals surface area contributed by atoms with E-state index in [1.165, 1.54) is 22.7 Å². The van der Waals surface area contributed by atoms with Crippen LogP contribution < -0.4 is 10.2 Å². The first-order chi connectivity index (χ1) is 14.4. The van der Waals surface area contributed by atoms with Gasteiger partial charge < -0.3 is 10.2 Å². The average molecular weight is 424 g/mol. The molecule has 1 aliphatic heterocycles. The summed E-state index contributed by atoms with van der Waals surface area (Å²) in [6, 6.07) is 4.54. The predicted octanol–water partition coefficient (Wildman–Crippen LogP) is 4.63. The highest BCUT2D eigenvalue weighted by molar-refractivity contribution is 7.15. The van der Waals surface area contributed by atoms with Crippen molar-refractivity contribution in [1.29, 1.82) is 0 Å². The minimum absolute atomic E-state index is 0.0172. The number of anilines is 2. The fraction of sp³-hybridized carbons (Fsp3) is 0.273. The molecule has 2 aromatic heterocycles. The maximum Gasteiger partial charge on any atom is 0.260 e. The SMILES string of the molecule is CC1=C(c2cnc(NC(=O)c3c(C)cccc3F)cn2)CN(c2ncc(C)s2)CC1. The third-order valence-corrected chi connectivity index (χ3v) is 6.13. The van der Waals surface area contributed by atoms with Gasteiger partial charge in [0.05, 0.1) is 23.7 Å². The van der Waals surface area contributed by atoms with E-state index < -0.39 is 11.7 Å². The first-order valence-corrected chi connectivity index (χ1v) is 10.5. The number of aromatic nitrogens is 3. The third kappa shape index (κ3) is 4.09. The van der Waals surface area contributed by atoms with Crippen LogP contribution >= 0.6 is 11.3 Å². The Morgan fingerprint density at radius 3 is 2.63 bits per heavy atom. The van der Waals surface area contributed by atoms with Crippen LogP contribution in [-0.4, -0.2) is 33.9 Å². The second kappa shape index (κ2) is 8.31. The number of nitrogens with one attached hydrogen (secondary N) is 1. The molecule has 0 bridgehead atoms. The smallest absolute Gasteiger partial charge is 0.260 e. The van der Waals surface area contributed by atoms with Crippen LogP contribution in [0.3, 0.4) is 0 Å². The van der Waals surface area contributed by atoms with E-state index in [1.807, 2.05) is 6.20 Å². The molecule has 0 spiro atoms. The Morgan fingerprint density at radius 2 is 1.97 bits per heavy atom. The Labute approximate surface area is 178 Å². The van der Waals surface area contributed by atoms with Crippen molar-refractivity contribution in [3.8, 4) is 0 Å². The number of benzene rings is 1. The fourth-order valence-electron chi connectivity index (χ4n) is 3.46. The van der Waals surface area contributed by atoms with E-state index in [9.17, 15) is 9.18 Å². The highest BCUT2D eigenvalue weighted by Crippen LogP contribution is 2.30. The zero-order valence-corrected chi connectivity index (χ0v) is 17.9. The van der Waals surface area contributed by atoms with Crippen LogP contribution in [0.4, 0.5) is 15.3 Å². The number of amides is 1. The lowest BCUT2D eigenvalue weighted by atomic mass is 9.99. The lowest BCUT2D eigenvalue weighted by Gasteiger charge is -2.29. The average Bonchev–Trinajstić information content (AvgIpc) is 3.15. The quantitative estimate of drug-likeness (QED) is 0.663. The summed E-state index contributed by atoms with van der Waals surface area (Å²) in [6.45, 7) is 7.49. The molecule has 0 atom stereocenters. The van der Waals surface area contributed by atoms with Crippen molar-refractivity contribution < 1.29 is 9.18 Å². The molecule has 0 unspecified atom stereocenters. The van der Waals surface area contributed by atoms with Crippen molar-refractivity contribution in [2.45, 2.75) is 27.2 Å². The van der Waals surface area contributed by atoms with Gasteiger partial charge in [-0.1, -0.05) is 17.7 Å². The van der Waals surface area contributed by atoms with Gasteiger partial charge >= 0.3 is 0 Å². The van der Waals surface area contributed by atoms with Gasteiger partial charge in [-0.3, -0.25) is 9.78 Å². The van der Waals surface area contributed by atoms with Crippen LogP contribution in [0.15, 0.2) is 42.4 Å². The molecule has 0 saturated carbocycles. The number of carbonyl (C=O) groups is 1. The summed E-state index contributed by atoms with van der Waals surface area (Å²) in [4.78, 5) is 29.2. The Kier molecular flexibility index (Phi) is 5.59. The highest BCUT2D eigenvalue weighted by atomic mass is 32.1. The number of halogens is 1. The van der Waals surface area contributed by atoms with Gasteiger partial charge in [0.25, 0.3) is 5.91 Å². The summed E-state index contributed by atoms with van der Waals surface area (Å²) in [5.74, 6) is -0.809. The molecule has 3 aromatic rings. The summed E-state index contributed by atoms with van der Waals surface area (Å²) in [6.07, 6.45) is 5.98. The van der Waals surface area contributed by atoms with E-state index in [-0.39, 0.29) is 11.4 Å². The molecule has 30 heavy (non-hydrogen) atoms. The van der Waals surface area contributed by atoms with Gasteiger partial charge in [0.1, 0.15) is 5.82 Å². The molecular formula is C22H22FN5OS. The third-order valence-electron chi connectivity index (χ3n) is 5.15. The van der Waals surface area contributed by atoms with E-state index in [4.69, 9.17) is 0 Å². The van der Waals surface area contributed by atoms with Crippen molar-refractivity contribution in [2.24, 2.45) is 0 Å². The van der Waals surface area contributed by atoms with E-state index >= 15 is 0 Å². The number of nitrogens with zero attached hydrogens (tertiary/aromatic N) is 4. The summed E-state index contributed by atoms with van der Waals surface area (Å²) in [5.41, 5.74) is 3.74. The van der Waals surface area contributed by atoms with Gasteiger partial charge in [-0.25, -0.2) is 14.4 Å². The first kappa shape index (κ1) is 20.2. The maximum atomic E-state index is 14.0. The number of aryl methyl sites for hydroxylation is 2. The zero-order valence-electron chi connectivity index (χ0n) is 17.1. The van der Waals surface area contributed by atoms with Crippen molar-refractivity contribution >= 4 is 33.8 Å². The van der Waals surface area contributed by atoms with Crippen LogP contribution in [0.25, 0.3) is 5.57 Å². The van der Waals surface area contributed by atoms with Gasteiger partial charge in [0, 0.05) is 24.2 Å². The molecule has 1 aliphatic rings. The molecule has 0 saturated heterocycles. The second-order valence-corrected chi connectivity index (χ2v) is 8.57. The molecule has 1 N–H and O–H groups in total. The molecule has 8 heteroatoms. The molecule has 1 aromatic carbocycles. The van der Waals surface area contributed by atoms with E-state index in [1.54, 1.807) is 36.6 Å². The first-order valence-electron chi connectivity index (χ1n) is 9.67. The molecule has 0 fully saturated rings. The van der Waals surface area contributed by atoms with Crippen molar-refractivity contribution in [3.63, 3.8) is 0 Å². The Morgan fingerprint density at radius 1 is 1.13 bits per heavy atom. The normalized spacial score (nSPS) is 14.2. The molecule has 154 valence electrons. The van der Waals surface area contributed by atoms with Crippen LogP contribution in [-0.2, 0) is 0 Å². The molecule has 0 aliphatic carbocycles. The number of hydrogen-bond acceptors (Lipinski definition) is 6.